The lowest BCUT2D eigenvalue weighted by Crippen LogP contribution is -2.47. The third kappa shape index (κ3) is 27.7. The highest BCUT2D eigenvalue weighted by Gasteiger charge is 2.41. The third-order valence-corrected chi connectivity index (χ3v) is 14.5. The Kier molecular flexibility index (Phi) is 28.0. The van der Waals surface area contributed by atoms with Crippen molar-refractivity contribution in [2.24, 2.45) is 21.7 Å². The Hall–Kier alpha value is -4.27. The van der Waals surface area contributed by atoms with Crippen molar-refractivity contribution in [3.05, 3.63) is 12.2 Å². The number of amides is 8. The predicted octanol–water partition coefficient (Wildman–Crippen LogP) is 7.42. The molecule has 8 amide bonds. The summed E-state index contributed by atoms with van der Waals surface area (Å²) in [7, 11) is 0. The quantitative estimate of drug-likeness (QED) is 0.0271. The number of hydrogen-bond acceptors (Lipinski definition) is 11. The first-order valence-electron chi connectivity index (χ1n) is 26.8. The van der Waals surface area contributed by atoms with E-state index in [1.54, 1.807) is 11.8 Å². The molecule has 2 aliphatic rings. The molecule has 16 nitrogen and oxygen atoms in total. The van der Waals surface area contributed by atoms with Gasteiger partial charge in [-0.05, 0) is 81.5 Å². The van der Waals surface area contributed by atoms with E-state index >= 15 is 0 Å². The van der Waals surface area contributed by atoms with Crippen LogP contribution in [0.3, 0.4) is 0 Å². The molecular weight excluding hydrogens is 949 g/mol. The van der Waals surface area contributed by atoms with Gasteiger partial charge in [0, 0.05) is 99.6 Å². The Morgan fingerprint density at radius 3 is 1.68 bits per heavy atom. The van der Waals surface area contributed by atoms with Gasteiger partial charge in [0.05, 0.1) is 31.7 Å². The summed E-state index contributed by atoms with van der Waals surface area (Å²) in [6.07, 6.45) is 17.7. The minimum absolute atomic E-state index is 0.0107. The number of hydrogen-bond donors (Lipinski definition) is 4. The van der Waals surface area contributed by atoms with Crippen LogP contribution in [0, 0.1) is 34.0 Å². The number of ether oxygens (including phenoxy) is 2. The molecule has 0 aliphatic carbocycles. The normalized spacial score (nSPS) is 16.0. The number of carbonyl (C=O) groups is 8. The van der Waals surface area contributed by atoms with Gasteiger partial charge in [-0.25, -0.2) is 0 Å². The topological polar surface area (TPSA) is 210 Å². The van der Waals surface area contributed by atoms with Gasteiger partial charge in [0.25, 0.3) is 11.8 Å². The van der Waals surface area contributed by atoms with E-state index in [2.05, 4.69) is 61.8 Å². The summed E-state index contributed by atoms with van der Waals surface area (Å²) in [5.41, 5.74) is -1.56. The van der Waals surface area contributed by atoms with Crippen LogP contribution in [0.4, 0.5) is 0 Å². The summed E-state index contributed by atoms with van der Waals surface area (Å²) in [5, 5.41) is 11.8. The largest absolute Gasteiger partial charge is 0.380 e. The maximum absolute atomic E-state index is 13.5. The maximum Gasteiger partial charge on any atom is 0.253 e. The summed E-state index contributed by atoms with van der Waals surface area (Å²) in [5.74, 6) is 1.41. The molecule has 414 valence electrons. The second-order valence-corrected chi connectivity index (χ2v) is 25.5. The van der Waals surface area contributed by atoms with Gasteiger partial charge in [-0.1, -0.05) is 81.6 Å². The fourth-order valence-electron chi connectivity index (χ4n) is 8.68. The van der Waals surface area contributed by atoms with Crippen molar-refractivity contribution < 1.29 is 47.8 Å². The maximum atomic E-state index is 13.5. The van der Waals surface area contributed by atoms with Gasteiger partial charge < -0.3 is 30.7 Å². The summed E-state index contributed by atoms with van der Waals surface area (Å²) < 4.78 is 12.2. The van der Waals surface area contributed by atoms with Gasteiger partial charge in [0.1, 0.15) is 0 Å². The summed E-state index contributed by atoms with van der Waals surface area (Å²) in [6.45, 7) is 26.7. The van der Waals surface area contributed by atoms with Crippen LogP contribution in [-0.2, 0) is 47.8 Å². The zero-order valence-electron chi connectivity index (χ0n) is 46.7. The number of likely N-dealkylation sites (tertiary alicyclic amines) is 1. The molecule has 0 radical (unpaired) electrons. The number of unbranched alkanes of at least 4 members (excludes halogenated alkanes) is 4. The Morgan fingerprint density at radius 2 is 1.16 bits per heavy atom. The van der Waals surface area contributed by atoms with E-state index in [-0.39, 0.29) is 81.6 Å². The van der Waals surface area contributed by atoms with Gasteiger partial charge >= 0.3 is 0 Å². The molecule has 17 heteroatoms. The second-order valence-electron chi connectivity index (χ2n) is 24.0. The van der Waals surface area contributed by atoms with Gasteiger partial charge in [-0.15, -0.1) is 24.1 Å². The van der Waals surface area contributed by atoms with Gasteiger partial charge in [0.2, 0.25) is 35.4 Å². The molecule has 4 N–H and O–H groups in total. The van der Waals surface area contributed by atoms with Crippen LogP contribution in [0.1, 0.15) is 185 Å². The Balaban J connectivity index is 1.63. The third-order valence-electron chi connectivity index (χ3n) is 13.0. The van der Waals surface area contributed by atoms with Crippen molar-refractivity contribution >= 4 is 59.0 Å². The van der Waals surface area contributed by atoms with Gasteiger partial charge in [0.15, 0.2) is 0 Å². The fraction of sp³-hybridized carbons (Fsp3) is 0.786. The van der Waals surface area contributed by atoms with E-state index < -0.39 is 16.2 Å². The van der Waals surface area contributed by atoms with E-state index in [4.69, 9.17) is 15.9 Å². The van der Waals surface area contributed by atoms with E-state index in [0.717, 1.165) is 32.1 Å². The van der Waals surface area contributed by atoms with E-state index in [9.17, 15) is 38.4 Å². The van der Waals surface area contributed by atoms with Crippen molar-refractivity contribution in [2.75, 3.05) is 59.2 Å². The highest BCUT2D eigenvalue weighted by Crippen LogP contribution is 2.35. The molecule has 2 heterocycles. The number of carbonyl (C=O) groups excluding carboxylic acids is 8. The molecular formula is C56H94N6O10S. The smallest absolute Gasteiger partial charge is 0.253 e. The van der Waals surface area contributed by atoms with Crippen LogP contribution < -0.4 is 21.3 Å². The molecule has 1 fully saturated rings. The van der Waals surface area contributed by atoms with E-state index in [1.807, 2.05) is 41.5 Å². The average Bonchev–Trinajstić information content (AvgIpc) is 3.73. The SMILES string of the molecule is C#CCCC(=O)NCC(C)(C)COCC(C)(C)CC(=O)NC(C)(C)CC(CCC)SC1CC(=O)N(CCCCCC(=O)NCCC(C)(C)COCC(C)(C)CCNC(=O)CCCCCN2C(=O)C=CC2=O)C1=O. The first kappa shape index (κ1) is 64.8. The lowest BCUT2D eigenvalue weighted by atomic mass is 9.88. The number of nitrogens with one attached hydrogen (secondary N) is 4. The molecule has 0 bridgehead atoms. The molecule has 2 aliphatic heterocycles. The number of terminal acetylenes is 1. The number of imide groups is 2. The van der Waals surface area contributed by atoms with Crippen molar-refractivity contribution in [2.45, 2.75) is 201 Å². The van der Waals surface area contributed by atoms with Crippen LogP contribution in [0.25, 0.3) is 0 Å². The molecule has 0 aromatic carbocycles. The summed E-state index contributed by atoms with van der Waals surface area (Å²) >= 11 is 1.55. The van der Waals surface area contributed by atoms with Crippen molar-refractivity contribution in [1.82, 2.24) is 31.1 Å². The summed E-state index contributed by atoms with van der Waals surface area (Å²) in [6, 6.07) is 0. The molecule has 0 spiro atoms. The van der Waals surface area contributed by atoms with Crippen LogP contribution in [0.5, 0.6) is 0 Å². The standard InChI is InChI=1S/C56H94N6O10S/c1-13-15-23-46(65)59-37-55(9,10)41-72-40-54(7,8)36-47(66)60-56(11,12)35-42(22-14-2)73-43-34-50(69)62(51(43)70)33-21-17-19-25-45(64)58-31-29-53(5,6)39-71-38-52(3,4)28-30-57-44(63)24-18-16-20-32-61-48(67)26-27-49(61)68/h1,26-27,42-43H,14-25,28-41H2,2-12H3,(H,57,63)(H,58,64)(H,59,65)(H,60,66). The lowest BCUT2D eigenvalue weighted by molar-refractivity contribution is -0.139. The van der Waals surface area contributed by atoms with Crippen LogP contribution in [-0.4, -0.2) is 132 Å². The van der Waals surface area contributed by atoms with Crippen LogP contribution >= 0.6 is 11.8 Å². The second kappa shape index (κ2) is 31.6. The first-order valence-corrected chi connectivity index (χ1v) is 27.8. The summed E-state index contributed by atoms with van der Waals surface area (Å²) in [4.78, 5) is 103. The monoisotopic (exact) mass is 1040 g/mol. The minimum atomic E-state index is -0.545. The molecule has 73 heavy (non-hydrogen) atoms. The molecule has 0 saturated carbocycles. The van der Waals surface area contributed by atoms with Gasteiger partial charge in [-0.3, -0.25) is 48.2 Å². The van der Waals surface area contributed by atoms with Crippen LogP contribution in [0.2, 0.25) is 0 Å². The predicted molar refractivity (Wildman–Crippen MR) is 289 cm³/mol. The Bertz CT molecular complexity index is 1890. The highest BCUT2D eigenvalue weighted by molar-refractivity contribution is 8.01. The van der Waals surface area contributed by atoms with Crippen molar-refractivity contribution in [3.8, 4) is 12.3 Å². The van der Waals surface area contributed by atoms with Crippen LogP contribution in [0.15, 0.2) is 12.2 Å². The Labute approximate surface area is 442 Å². The van der Waals surface area contributed by atoms with E-state index in [0.29, 0.717) is 123 Å². The number of rotatable bonds is 39. The van der Waals surface area contributed by atoms with E-state index in [1.165, 1.54) is 22.0 Å². The minimum Gasteiger partial charge on any atom is -0.380 e. The number of thioether (sulfide) groups is 1. The van der Waals surface area contributed by atoms with Gasteiger partial charge in [-0.2, -0.15) is 0 Å². The highest BCUT2D eigenvalue weighted by atomic mass is 32.2. The lowest BCUT2D eigenvalue weighted by Gasteiger charge is -2.33. The van der Waals surface area contributed by atoms with Crippen molar-refractivity contribution in [3.63, 3.8) is 0 Å². The molecule has 2 unspecified atom stereocenters. The van der Waals surface area contributed by atoms with Crippen molar-refractivity contribution in [1.29, 1.82) is 0 Å². The average molecular weight is 1040 g/mol. The fourth-order valence-corrected chi connectivity index (χ4v) is 10.5. The number of nitrogens with zero attached hydrogens (tertiary/aromatic N) is 2. The Morgan fingerprint density at radius 1 is 0.671 bits per heavy atom. The zero-order valence-corrected chi connectivity index (χ0v) is 47.5. The molecule has 2 rings (SSSR count). The first-order chi connectivity index (χ1) is 34.1. The molecule has 0 aromatic rings. The zero-order chi connectivity index (χ0) is 54.9. The molecule has 2 atom stereocenters. The molecule has 0 aromatic heterocycles. The molecule has 1 saturated heterocycles.